The Hall–Kier alpha value is -2.92. The second kappa shape index (κ2) is 7.98. The molecule has 3 N–H and O–H groups in total. The van der Waals surface area contributed by atoms with Crippen molar-refractivity contribution in [2.75, 3.05) is 18.9 Å². The fourth-order valence-corrected chi connectivity index (χ4v) is 3.64. The number of aromatic amines is 1. The number of anilines is 1. The fraction of sp³-hybridized carbons (Fsp3) is 0.304. The lowest BCUT2D eigenvalue weighted by atomic mass is 10.0. The summed E-state index contributed by atoms with van der Waals surface area (Å²) in [4.78, 5) is 29.9. The summed E-state index contributed by atoms with van der Waals surface area (Å²) in [6.07, 6.45) is 0. The Morgan fingerprint density at radius 3 is 2.36 bits per heavy atom. The Bertz CT molecular complexity index is 1020. The van der Waals surface area contributed by atoms with Crippen molar-refractivity contribution >= 4 is 28.3 Å². The van der Waals surface area contributed by atoms with Gasteiger partial charge in [0.1, 0.15) is 6.04 Å². The normalized spacial score (nSPS) is 13.3. The second-order valence-electron chi connectivity index (χ2n) is 7.59. The Labute approximate surface area is 165 Å². The molecule has 5 heteroatoms. The van der Waals surface area contributed by atoms with E-state index >= 15 is 0 Å². The van der Waals surface area contributed by atoms with Gasteiger partial charge in [-0.3, -0.25) is 9.59 Å². The van der Waals surface area contributed by atoms with Crippen LogP contribution in [0.1, 0.15) is 34.1 Å². The number of aromatic nitrogens is 1. The molecular weight excluding hydrogens is 350 g/mol. The van der Waals surface area contributed by atoms with Gasteiger partial charge in [-0.15, -0.1) is 0 Å². The molecule has 0 bridgehead atoms. The number of amides is 1. The highest BCUT2D eigenvalue weighted by atomic mass is 16.2. The molecule has 0 spiro atoms. The Morgan fingerprint density at radius 2 is 1.68 bits per heavy atom. The highest BCUT2D eigenvalue weighted by molar-refractivity contribution is 6.11. The van der Waals surface area contributed by atoms with Crippen LogP contribution < -0.4 is 10.2 Å². The minimum atomic E-state index is -0.332. The van der Waals surface area contributed by atoms with Crippen LogP contribution in [0.3, 0.4) is 0 Å². The standard InChI is InChI=1S/C23H27N3O2/c1-14-9-8-10-15(2)22(14)25-20(27)13-26(5)17(4)23(28)21-16(3)24-19-12-7-6-11-18(19)21/h6-12,17,24H,13H2,1-5H3,(H,25,27)/p+1/t17-/m0/s1. The molecule has 2 aromatic carbocycles. The largest absolute Gasteiger partial charge is 0.358 e. The molecule has 3 aromatic rings. The zero-order valence-corrected chi connectivity index (χ0v) is 17.1. The average molecular weight is 378 g/mol. The van der Waals surface area contributed by atoms with E-state index < -0.39 is 0 Å². The second-order valence-corrected chi connectivity index (χ2v) is 7.59. The summed E-state index contributed by atoms with van der Waals surface area (Å²) in [6.45, 7) is 7.98. The van der Waals surface area contributed by atoms with Gasteiger partial charge in [0, 0.05) is 22.3 Å². The van der Waals surface area contributed by atoms with Crippen LogP contribution >= 0.6 is 0 Å². The number of hydrogen-bond acceptors (Lipinski definition) is 2. The molecule has 0 fully saturated rings. The minimum absolute atomic E-state index is 0.0484. The van der Waals surface area contributed by atoms with E-state index in [2.05, 4.69) is 10.3 Å². The van der Waals surface area contributed by atoms with Crippen molar-refractivity contribution in [3.8, 4) is 0 Å². The van der Waals surface area contributed by atoms with E-state index in [1.165, 1.54) is 0 Å². The first kappa shape index (κ1) is 19.8. The number of Topliss-reactive ketones (excluding diaryl/α,β-unsaturated/α-hetero) is 1. The SMILES string of the molecule is Cc1cccc(C)c1NC(=O)C[NH+](C)[C@@H](C)C(=O)c1c(C)[nH]c2ccccc12. The number of para-hydroxylation sites is 2. The molecule has 1 unspecified atom stereocenters. The van der Waals surface area contributed by atoms with Gasteiger partial charge in [0.15, 0.2) is 6.54 Å². The fourth-order valence-electron chi connectivity index (χ4n) is 3.64. The van der Waals surface area contributed by atoms with E-state index in [1.54, 1.807) is 0 Å². The minimum Gasteiger partial charge on any atom is -0.358 e. The Kier molecular flexibility index (Phi) is 5.66. The molecule has 0 aliphatic heterocycles. The number of fused-ring (bicyclic) bond motifs is 1. The number of quaternary nitrogens is 1. The van der Waals surface area contributed by atoms with Gasteiger partial charge < -0.3 is 15.2 Å². The molecule has 2 atom stereocenters. The summed E-state index contributed by atoms with van der Waals surface area (Å²) in [6, 6.07) is 13.4. The molecule has 28 heavy (non-hydrogen) atoms. The molecular formula is C23H28N3O2+. The van der Waals surface area contributed by atoms with E-state index in [1.807, 2.05) is 77.2 Å². The monoisotopic (exact) mass is 378 g/mol. The van der Waals surface area contributed by atoms with Crippen LogP contribution in [0.15, 0.2) is 42.5 Å². The van der Waals surface area contributed by atoms with Crippen LogP contribution in [0.25, 0.3) is 10.9 Å². The maximum atomic E-state index is 13.2. The lowest BCUT2D eigenvalue weighted by Gasteiger charge is -2.21. The van der Waals surface area contributed by atoms with Gasteiger partial charge in [0.05, 0.1) is 12.6 Å². The molecule has 0 saturated heterocycles. The quantitative estimate of drug-likeness (QED) is 0.578. The van der Waals surface area contributed by atoms with Crippen molar-refractivity contribution < 1.29 is 14.5 Å². The number of likely N-dealkylation sites (N-methyl/N-ethyl adjacent to an activating group) is 1. The maximum absolute atomic E-state index is 13.2. The highest BCUT2D eigenvalue weighted by Gasteiger charge is 2.28. The summed E-state index contributed by atoms with van der Waals surface area (Å²) in [5.41, 5.74) is 5.46. The molecule has 3 rings (SSSR count). The van der Waals surface area contributed by atoms with Gasteiger partial charge in [-0.25, -0.2) is 0 Å². The molecule has 146 valence electrons. The molecule has 1 aromatic heterocycles. The summed E-state index contributed by atoms with van der Waals surface area (Å²) in [5.74, 6) is -0.0440. The smallest absolute Gasteiger partial charge is 0.279 e. The van der Waals surface area contributed by atoms with Crippen molar-refractivity contribution in [3.63, 3.8) is 0 Å². The predicted molar refractivity (Wildman–Crippen MR) is 113 cm³/mol. The average Bonchev–Trinajstić information content (AvgIpc) is 2.99. The molecule has 5 nitrogen and oxygen atoms in total. The van der Waals surface area contributed by atoms with Crippen molar-refractivity contribution in [1.82, 2.24) is 4.98 Å². The topological polar surface area (TPSA) is 66.4 Å². The third-order valence-corrected chi connectivity index (χ3v) is 5.46. The van der Waals surface area contributed by atoms with Crippen LogP contribution in [-0.4, -0.2) is 36.3 Å². The van der Waals surface area contributed by atoms with Gasteiger partial charge in [0.25, 0.3) is 5.91 Å². The van der Waals surface area contributed by atoms with Crippen molar-refractivity contribution in [2.45, 2.75) is 33.7 Å². The van der Waals surface area contributed by atoms with Crippen molar-refractivity contribution in [2.24, 2.45) is 0 Å². The van der Waals surface area contributed by atoms with Crippen LogP contribution in [-0.2, 0) is 4.79 Å². The number of nitrogens with one attached hydrogen (secondary N) is 3. The van der Waals surface area contributed by atoms with Gasteiger partial charge >= 0.3 is 0 Å². The number of H-pyrrole nitrogens is 1. The van der Waals surface area contributed by atoms with Gasteiger partial charge in [0.2, 0.25) is 5.78 Å². The van der Waals surface area contributed by atoms with Crippen molar-refractivity contribution in [1.29, 1.82) is 0 Å². The molecule has 1 heterocycles. The van der Waals surface area contributed by atoms with Crippen molar-refractivity contribution in [3.05, 3.63) is 64.8 Å². The van der Waals surface area contributed by atoms with Crippen LogP contribution in [0, 0.1) is 20.8 Å². The first-order chi connectivity index (χ1) is 13.3. The number of ketones is 1. The summed E-state index contributed by atoms with van der Waals surface area (Å²) in [5, 5.41) is 3.94. The molecule has 0 saturated carbocycles. The van der Waals surface area contributed by atoms with Gasteiger partial charge in [-0.2, -0.15) is 0 Å². The number of benzene rings is 2. The van der Waals surface area contributed by atoms with Gasteiger partial charge in [-0.1, -0.05) is 36.4 Å². The number of hydrogen-bond donors (Lipinski definition) is 3. The first-order valence-electron chi connectivity index (χ1n) is 9.59. The van der Waals surface area contributed by atoms with Gasteiger partial charge in [-0.05, 0) is 44.9 Å². The van der Waals surface area contributed by atoms with E-state index in [0.717, 1.165) is 43.9 Å². The molecule has 1 amide bonds. The number of carbonyl (C=O) groups excluding carboxylic acids is 2. The lowest BCUT2D eigenvalue weighted by molar-refractivity contribution is -0.885. The highest BCUT2D eigenvalue weighted by Crippen LogP contribution is 2.23. The van der Waals surface area contributed by atoms with E-state index in [4.69, 9.17) is 0 Å². The molecule has 0 aliphatic carbocycles. The first-order valence-corrected chi connectivity index (χ1v) is 9.59. The van der Waals surface area contributed by atoms with Crippen LogP contribution in [0.2, 0.25) is 0 Å². The Morgan fingerprint density at radius 1 is 1.04 bits per heavy atom. The molecule has 0 aliphatic rings. The maximum Gasteiger partial charge on any atom is 0.279 e. The number of rotatable bonds is 6. The Balaban J connectivity index is 1.73. The van der Waals surface area contributed by atoms with Crippen LogP contribution in [0.5, 0.6) is 0 Å². The predicted octanol–water partition coefficient (Wildman–Crippen LogP) is 2.82. The van der Waals surface area contributed by atoms with E-state index in [-0.39, 0.29) is 24.3 Å². The summed E-state index contributed by atoms with van der Waals surface area (Å²) < 4.78 is 0. The van der Waals surface area contributed by atoms with Crippen LogP contribution in [0.4, 0.5) is 5.69 Å². The number of carbonyl (C=O) groups is 2. The molecule has 0 radical (unpaired) electrons. The summed E-state index contributed by atoms with van der Waals surface area (Å²) in [7, 11) is 1.89. The zero-order chi connectivity index (χ0) is 20.4. The third-order valence-electron chi connectivity index (χ3n) is 5.46. The third kappa shape index (κ3) is 3.85. The van der Waals surface area contributed by atoms with E-state index in [9.17, 15) is 9.59 Å². The lowest BCUT2D eigenvalue weighted by Crippen LogP contribution is -3.14. The number of aryl methyl sites for hydroxylation is 3. The van der Waals surface area contributed by atoms with E-state index in [0.29, 0.717) is 0 Å². The summed E-state index contributed by atoms with van der Waals surface area (Å²) >= 11 is 0. The zero-order valence-electron chi connectivity index (χ0n) is 17.1.